The molecule has 1 rings (SSSR count). The van der Waals surface area contributed by atoms with Crippen LogP contribution in [0.1, 0.15) is 39.5 Å². The predicted octanol–water partition coefficient (Wildman–Crippen LogP) is 1.23. The van der Waals surface area contributed by atoms with Gasteiger partial charge < -0.3 is 20.1 Å². The number of likely N-dealkylation sites (tertiary alicyclic amines) is 1. The number of carboxylic acids is 1. The fourth-order valence-corrected chi connectivity index (χ4v) is 2.36. The van der Waals surface area contributed by atoms with E-state index in [1.807, 2.05) is 0 Å². The van der Waals surface area contributed by atoms with Crippen LogP contribution in [-0.2, 0) is 14.3 Å². The van der Waals surface area contributed by atoms with Crippen molar-refractivity contribution in [1.82, 2.24) is 10.2 Å². The second kappa shape index (κ2) is 7.85. The summed E-state index contributed by atoms with van der Waals surface area (Å²) in [5, 5.41) is 11.9. The highest BCUT2D eigenvalue weighted by atomic mass is 16.5. The summed E-state index contributed by atoms with van der Waals surface area (Å²) in [5.41, 5.74) is -0.874. The number of ether oxygens (including phenoxy) is 1. The minimum Gasteiger partial charge on any atom is -0.481 e. The standard InChI is InChI=1S/C14H24N2O5/c1-3-21-11(17)6-4-8-15-13(20)16-9-5-7-14(2,10-16)12(18)19/h3-10H2,1-2H3,(H,15,20)(H,18,19). The molecule has 1 aliphatic heterocycles. The Morgan fingerprint density at radius 1 is 1.38 bits per heavy atom. The zero-order chi connectivity index (χ0) is 15.9. The molecule has 0 aromatic rings. The molecule has 0 aromatic heterocycles. The highest BCUT2D eigenvalue weighted by Gasteiger charge is 2.39. The van der Waals surface area contributed by atoms with E-state index in [1.165, 1.54) is 4.90 Å². The smallest absolute Gasteiger partial charge is 0.317 e. The lowest BCUT2D eigenvalue weighted by Gasteiger charge is -2.37. The van der Waals surface area contributed by atoms with Crippen molar-refractivity contribution in [1.29, 1.82) is 0 Å². The molecular weight excluding hydrogens is 276 g/mol. The Morgan fingerprint density at radius 2 is 2.10 bits per heavy atom. The molecule has 120 valence electrons. The average molecular weight is 300 g/mol. The molecule has 1 heterocycles. The largest absolute Gasteiger partial charge is 0.481 e. The van der Waals surface area contributed by atoms with Crippen LogP contribution in [0.5, 0.6) is 0 Å². The van der Waals surface area contributed by atoms with Crippen LogP contribution in [0.3, 0.4) is 0 Å². The maximum Gasteiger partial charge on any atom is 0.317 e. The molecule has 0 bridgehead atoms. The number of carbonyl (C=O) groups is 3. The Labute approximate surface area is 124 Å². The van der Waals surface area contributed by atoms with E-state index in [1.54, 1.807) is 13.8 Å². The summed E-state index contributed by atoms with van der Waals surface area (Å²) < 4.78 is 4.79. The Morgan fingerprint density at radius 3 is 2.71 bits per heavy atom. The first-order chi connectivity index (χ1) is 9.89. The fourth-order valence-electron chi connectivity index (χ4n) is 2.36. The van der Waals surface area contributed by atoms with E-state index in [0.29, 0.717) is 39.0 Å². The van der Waals surface area contributed by atoms with Crippen LogP contribution in [0, 0.1) is 5.41 Å². The molecule has 2 amide bonds. The zero-order valence-electron chi connectivity index (χ0n) is 12.7. The van der Waals surface area contributed by atoms with Crippen LogP contribution in [-0.4, -0.2) is 54.2 Å². The van der Waals surface area contributed by atoms with Gasteiger partial charge in [0.1, 0.15) is 0 Å². The topological polar surface area (TPSA) is 95.9 Å². The lowest BCUT2D eigenvalue weighted by Crippen LogP contribution is -2.51. The van der Waals surface area contributed by atoms with Crippen molar-refractivity contribution in [3.05, 3.63) is 0 Å². The first-order valence-corrected chi connectivity index (χ1v) is 7.31. The van der Waals surface area contributed by atoms with Crippen molar-refractivity contribution in [2.24, 2.45) is 5.41 Å². The summed E-state index contributed by atoms with van der Waals surface area (Å²) in [6.07, 6.45) is 2.03. The average Bonchev–Trinajstić information content (AvgIpc) is 2.43. The third-order valence-electron chi connectivity index (χ3n) is 3.64. The number of urea groups is 1. The molecule has 0 aromatic carbocycles. The SMILES string of the molecule is CCOC(=O)CCCNC(=O)N1CCCC(C)(C(=O)O)C1. The molecule has 1 saturated heterocycles. The van der Waals surface area contributed by atoms with Gasteiger partial charge in [0.15, 0.2) is 0 Å². The lowest BCUT2D eigenvalue weighted by molar-refractivity contribution is -0.150. The molecule has 0 aliphatic carbocycles. The molecule has 7 nitrogen and oxygen atoms in total. The van der Waals surface area contributed by atoms with Gasteiger partial charge >= 0.3 is 18.0 Å². The van der Waals surface area contributed by atoms with Gasteiger partial charge in [0.05, 0.1) is 12.0 Å². The fraction of sp³-hybridized carbons (Fsp3) is 0.786. The van der Waals surface area contributed by atoms with Crippen LogP contribution < -0.4 is 5.32 Å². The number of piperidine rings is 1. The number of nitrogens with zero attached hydrogens (tertiary/aromatic N) is 1. The first kappa shape index (κ1) is 17.3. The van der Waals surface area contributed by atoms with Crippen LogP contribution in [0.2, 0.25) is 0 Å². The van der Waals surface area contributed by atoms with Gasteiger partial charge in [0.25, 0.3) is 0 Å². The van der Waals surface area contributed by atoms with E-state index in [4.69, 9.17) is 4.74 Å². The van der Waals surface area contributed by atoms with E-state index >= 15 is 0 Å². The number of amides is 2. The van der Waals surface area contributed by atoms with Crippen molar-refractivity contribution >= 4 is 18.0 Å². The minimum absolute atomic E-state index is 0.214. The number of nitrogens with one attached hydrogen (secondary N) is 1. The normalized spacial score (nSPS) is 21.7. The number of aliphatic carboxylic acids is 1. The number of hydrogen-bond acceptors (Lipinski definition) is 4. The van der Waals surface area contributed by atoms with Crippen molar-refractivity contribution in [2.45, 2.75) is 39.5 Å². The molecule has 1 fully saturated rings. The van der Waals surface area contributed by atoms with Crippen LogP contribution in [0.4, 0.5) is 4.79 Å². The number of carboxylic acid groups (broad SMARTS) is 1. The molecule has 1 aliphatic rings. The second-order valence-corrected chi connectivity index (χ2v) is 5.53. The van der Waals surface area contributed by atoms with Crippen molar-refractivity contribution < 1.29 is 24.2 Å². The highest BCUT2D eigenvalue weighted by Crippen LogP contribution is 2.29. The quantitative estimate of drug-likeness (QED) is 0.568. The van der Waals surface area contributed by atoms with E-state index < -0.39 is 11.4 Å². The number of rotatable bonds is 6. The number of hydrogen-bond donors (Lipinski definition) is 2. The lowest BCUT2D eigenvalue weighted by atomic mass is 9.82. The van der Waals surface area contributed by atoms with E-state index in [9.17, 15) is 19.5 Å². The maximum atomic E-state index is 12.0. The van der Waals surface area contributed by atoms with Gasteiger partial charge in [-0.25, -0.2) is 4.79 Å². The molecule has 2 N–H and O–H groups in total. The first-order valence-electron chi connectivity index (χ1n) is 7.31. The van der Waals surface area contributed by atoms with Gasteiger partial charge in [-0.1, -0.05) is 0 Å². The Balaban J connectivity index is 2.32. The summed E-state index contributed by atoms with van der Waals surface area (Å²) in [5.74, 6) is -1.15. The molecule has 7 heteroatoms. The van der Waals surface area contributed by atoms with Crippen molar-refractivity contribution in [3.8, 4) is 0 Å². The van der Waals surface area contributed by atoms with Gasteiger partial charge in [-0.15, -0.1) is 0 Å². The molecule has 1 atom stereocenters. The molecule has 21 heavy (non-hydrogen) atoms. The van der Waals surface area contributed by atoms with Crippen LogP contribution in [0.25, 0.3) is 0 Å². The monoisotopic (exact) mass is 300 g/mol. The summed E-state index contributed by atoms with van der Waals surface area (Å²) in [4.78, 5) is 35.9. The zero-order valence-corrected chi connectivity index (χ0v) is 12.7. The molecule has 1 unspecified atom stereocenters. The third-order valence-corrected chi connectivity index (χ3v) is 3.64. The summed E-state index contributed by atoms with van der Waals surface area (Å²) in [6.45, 7) is 4.91. The number of carbonyl (C=O) groups excluding carboxylic acids is 2. The van der Waals surface area contributed by atoms with Gasteiger partial charge in [0.2, 0.25) is 0 Å². The molecule has 0 saturated carbocycles. The van der Waals surface area contributed by atoms with Crippen molar-refractivity contribution in [3.63, 3.8) is 0 Å². The summed E-state index contributed by atoms with van der Waals surface area (Å²) in [6, 6.07) is -0.272. The third kappa shape index (κ3) is 5.24. The van der Waals surface area contributed by atoms with E-state index in [-0.39, 0.29) is 25.0 Å². The molecule has 0 spiro atoms. The molecule has 0 radical (unpaired) electrons. The highest BCUT2D eigenvalue weighted by molar-refractivity contribution is 5.78. The van der Waals surface area contributed by atoms with Gasteiger partial charge in [-0.2, -0.15) is 0 Å². The Hall–Kier alpha value is -1.79. The van der Waals surface area contributed by atoms with Gasteiger partial charge in [-0.3, -0.25) is 9.59 Å². The Kier molecular flexibility index (Phi) is 6.45. The van der Waals surface area contributed by atoms with Crippen LogP contribution >= 0.6 is 0 Å². The van der Waals surface area contributed by atoms with Gasteiger partial charge in [0, 0.05) is 26.1 Å². The summed E-state index contributed by atoms with van der Waals surface area (Å²) >= 11 is 0. The van der Waals surface area contributed by atoms with Gasteiger partial charge in [-0.05, 0) is 33.1 Å². The van der Waals surface area contributed by atoms with E-state index in [0.717, 1.165) is 0 Å². The maximum absolute atomic E-state index is 12.0. The van der Waals surface area contributed by atoms with Crippen molar-refractivity contribution in [2.75, 3.05) is 26.2 Å². The molecular formula is C14H24N2O5. The number of esters is 1. The Bertz CT molecular complexity index is 399. The van der Waals surface area contributed by atoms with Crippen LogP contribution in [0.15, 0.2) is 0 Å². The minimum atomic E-state index is -0.874. The van der Waals surface area contributed by atoms with E-state index in [2.05, 4.69) is 5.32 Å². The summed E-state index contributed by atoms with van der Waals surface area (Å²) in [7, 11) is 0. The predicted molar refractivity (Wildman–Crippen MR) is 75.8 cm³/mol. The second-order valence-electron chi connectivity index (χ2n) is 5.53.